The monoisotopic (exact) mass is 1190 g/mol. The van der Waals surface area contributed by atoms with Crippen LogP contribution in [0, 0.1) is 0 Å². The Balaban J connectivity index is 1.19. The van der Waals surface area contributed by atoms with Crippen molar-refractivity contribution in [2.24, 2.45) is 0 Å². The first kappa shape index (κ1) is 64.8. The molecule has 84 heavy (non-hydrogen) atoms. The molecule has 0 radical (unpaired) electrons. The number of hydrogen-bond acceptors (Lipinski definition) is 12. The number of rotatable bonds is 44. The predicted octanol–water partition coefficient (Wildman–Crippen LogP) is 22.0. The lowest BCUT2D eigenvalue weighted by molar-refractivity contribution is 0.174. The van der Waals surface area contributed by atoms with Gasteiger partial charge in [-0.25, -0.2) is 9.97 Å². The second-order valence-electron chi connectivity index (χ2n) is 23.3. The molecular weight excluding hydrogens is 1080 g/mol. The normalized spacial score (nSPS) is 12.8. The summed E-state index contributed by atoms with van der Waals surface area (Å²) in [5.41, 5.74) is 6.56. The fourth-order valence-electron chi connectivity index (χ4n) is 11.4. The minimum Gasteiger partial charge on any atom is -0.490 e. The highest BCUT2D eigenvalue weighted by atomic mass is 32.1. The van der Waals surface area contributed by atoms with Crippen molar-refractivity contribution >= 4 is 33.7 Å². The molecule has 3 aromatic heterocycles. The van der Waals surface area contributed by atoms with E-state index in [2.05, 4.69) is 76.2 Å². The van der Waals surface area contributed by atoms with Crippen molar-refractivity contribution in [3.05, 3.63) is 59.3 Å². The zero-order chi connectivity index (χ0) is 58.2. The van der Waals surface area contributed by atoms with Crippen LogP contribution in [0.1, 0.15) is 233 Å². The van der Waals surface area contributed by atoms with Gasteiger partial charge in [0.05, 0.1) is 58.6 Å². The molecule has 0 amide bonds. The third kappa shape index (κ3) is 19.7. The summed E-state index contributed by atoms with van der Waals surface area (Å²) in [7, 11) is 0. The highest BCUT2D eigenvalue weighted by Gasteiger charge is 2.28. The Labute approximate surface area is 513 Å². The number of ether oxygens (including phenoxy) is 8. The van der Waals surface area contributed by atoms with Crippen molar-refractivity contribution in [2.45, 2.75) is 233 Å². The molecule has 0 fully saturated rings. The molecule has 12 heteroatoms. The van der Waals surface area contributed by atoms with Gasteiger partial charge in [-0.1, -0.05) is 220 Å². The highest BCUT2D eigenvalue weighted by molar-refractivity contribution is 7.15. The van der Waals surface area contributed by atoms with E-state index in [1.165, 1.54) is 154 Å². The Morgan fingerprint density at radius 3 is 0.976 bits per heavy atom. The summed E-state index contributed by atoms with van der Waals surface area (Å²) in [6, 6.07) is 17.1. The molecule has 0 aliphatic carbocycles. The van der Waals surface area contributed by atoms with E-state index in [1.807, 2.05) is 10.8 Å². The number of fused-ring (bicyclic) bond motifs is 3. The first-order valence-electron chi connectivity index (χ1n) is 33.5. The molecular formula is C72H102N2O8S2. The van der Waals surface area contributed by atoms with Crippen LogP contribution in [0.5, 0.6) is 46.0 Å². The minimum absolute atomic E-state index is 0.476. The third-order valence-electron chi connectivity index (χ3n) is 16.4. The highest BCUT2D eigenvalue weighted by Crippen LogP contribution is 2.52. The third-order valence-corrected chi connectivity index (χ3v) is 18.3. The van der Waals surface area contributed by atoms with Crippen LogP contribution in [0.25, 0.3) is 54.4 Å². The molecule has 8 rings (SSSR count). The Bertz CT molecular complexity index is 2640. The zero-order valence-electron chi connectivity index (χ0n) is 52.0. The number of nitrogens with zero attached hydrogens (tertiary/aromatic N) is 2. The molecule has 10 nitrogen and oxygen atoms in total. The molecule has 2 aliphatic heterocycles. The minimum atomic E-state index is 0.476. The molecule has 0 saturated heterocycles. The summed E-state index contributed by atoms with van der Waals surface area (Å²) in [6.45, 7) is 13.6. The van der Waals surface area contributed by atoms with Crippen molar-refractivity contribution in [1.82, 2.24) is 9.97 Å². The second-order valence-corrected chi connectivity index (χ2v) is 25.1. The van der Waals surface area contributed by atoms with Gasteiger partial charge in [-0.05, 0) is 62.1 Å². The second kappa shape index (κ2) is 37.4. The fourth-order valence-corrected chi connectivity index (χ4v) is 13.4. The summed E-state index contributed by atoms with van der Waals surface area (Å²) in [6.07, 6.45) is 39.5. The molecule has 0 saturated carbocycles. The number of benzene rings is 3. The summed E-state index contributed by atoms with van der Waals surface area (Å²) in [5.74, 6) is 5.99. The fraction of sp³-hybridized carbons (Fsp3) is 0.611. The van der Waals surface area contributed by atoms with E-state index >= 15 is 0 Å². The van der Waals surface area contributed by atoms with Gasteiger partial charge in [-0.15, -0.1) is 22.7 Å². The van der Waals surface area contributed by atoms with E-state index in [4.69, 9.17) is 47.9 Å². The van der Waals surface area contributed by atoms with Gasteiger partial charge in [0.1, 0.15) is 26.4 Å². The molecule has 460 valence electrons. The van der Waals surface area contributed by atoms with Crippen molar-refractivity contribution < 1.29 is 37.9 Å². The Hall–Kier alpha value is -5.20. The predicted molar refractivity (Wildman–Crippen MR) is 351 cm³/mol. The van der Waals surface area contributed by atoms with Crippen LogP contribution < -0.4 is 37.9 Å². The van der Waals surface area contributed by atoms with Gasteiger partial charge in [-0.2, -0.15) is 0 Å². The largest absolute Gasteiger partial charge is 0.490 e. The van der Waals surface area contributed by atoms with Gasteiger partial charge < -0.3 is 37.9 Å². The van der Waals surface area contributed by atoms with Crippen LogP contribution in [-0.2, 0) is 0 Å². The summed E-state index contributed by atoms with van der Waals surface area (Å²) < 4.78 is 52.0. The Morgan fingerprint density at radius 1 is 0.345 bits per heavy atom. The molecule has 0 spiro atoms. The van der Waals surface area contributed by atoms with E-state index in [0.717, 1.165) is 152 Å². The van der Waals surface area contributed by atoms with Gasteiger partial charge in [0.2, 0.25) is 0 Å². The Kier molecular flexibility index (Phi) is 28.8. The molecule has 6 aromatic rings. The van der Waals surface area contributed by atoms with E-state index in [0.29, 0.717) is 52.9 Å². The van der Waals surface area contributed by atoms with Gasteiger partial charge in [-0.3, -0.25) is 0 Å². The van der Waals surface area contributed by atoms with Gasteiger partial charge in [0.25, 0.3) is 0 Å². The van der Waals surface area contributed by atoms with Gasteiger partial charge in [0, 0.05) is 33.0 Å². The van der Waals surface area contributed by atoms with E-state index in [1.54, 1.807) is 22.7 Å². The number of unbranched alkanes of at least 4 members (excludes halogenated alkanes) is 28. The molecule has 0 unspecified atom stereocenters. The maximum Gasteiger partial charge on any atom is 0.180 e. The van der Waals surface area contributed by atoms with E-state index in [-0.39, 0.29) is 0 Å². The number of aromatic nitrogens is 2. The molecule has 5 heterocycles. The SMILES string of the molecule is CCCCCCCCCCOc1ccc(-c2nc3c(-c4scc5c4OCCO5)ccc(-c4scc5c4OCCO5)c3nc2-c2ccc(OCCCCCCCCCC)c(OCCCCCCCCCC)c2)cc1OCCCCCCCCCC. The lowest BCUT2D eigenvalue weighted by atomic mass is 9.99. The average Bonchev–Trinajstić information content (AvgIpc) is 2.02. The first-order valence-corrected chi connectivity index (χ1v) is 35.3. The molecule has 3 aromatic carbocycles. The smallest absolute Gasteiger partial charge is 0.180 e. The van der Waals surface area contributed by atoms with Crippen LogP contribution in [-0.4, -0.2) is 62.8 Å². The van der Waals surface area contributed by atoms with Crippen molar-refractivity contribution in [3.63, 3.8) is 0 Å². The van der Waals surface area contributed by atoms with Crippen molar-refractivity contribution in [2.75, 3.05) is 52.9 Å². The summed E-state index contributed by atoms with van der Waals surface area (Å²) in [4.78, 5) is 13.6. The van der Waals surface area contributed by atoms with E-state index in [9.17, 15) is 0 Å². The molecule has 0 atom stereocenters. The first-order chi connectivity index (χ1) is 41.6. The van der Waals surface area contributed by atoms with Gasteiger partial charge >= 0.3 is 0 Å². The molecule has 0 bridgehead atoms. The van der Waals surface area contributed by atoms with Crippen LogP contribution in [0.2, 0.25) is 0 Å². The standard InChI is InChI=1S/C72H102N2O8S2/c1-5-9-13-17-21-25-29-33-43-75-59-41-37-55(51-61(59)77-45-35-31-27-23-19-15-11-7-3)65-66(56-38-42-60(76-44-34-30-26-22-18-14-10-6-2)62(52-56)78-46-36-32-28-24-20-16-12-8-4)74-68-58(72-70-64(54-84-72)80-48-50-82-70)40-39-57(67(68)73-65)71-69-63(53-83-71)79-47-49-81-69/h37-42,51-54H,5-36,43-50H2,1-4H3. The maximum absolute atomic E-state index is 6.83. The molecule has 2 aliphatic rings. The maximum atomic E-state index is 6.83. The van der Waals surface area contributed by atoms with Crippen molar-refractivity contribution in [3.8, 4) is 89.4 Å². The molecule has 0 N–H and O–H groups in total. The van der Waals surface area contributed by atoms with E-state index < -0.39 is 0 Å². The topological polar surface area (TPSA) is 99.6 Å². The average molecular weight is 1190 g/mol. The lowest BCUT2D eigenvalue weighted by Crippen LogP contribution is -2.14. The summed E-state index contributed by atoms with van der Waals surface area (Å²) >= 11 is 3.22. The van der Waals surface area contributed by atoms with Crippen LogP contribution in [0.4, 0.5) is 0 Å². The number of hydrogen-bond donors (Lipinski definition) is 0. The van der Waals surface area contributed by atoms with Crippen LogP contribution in [0.15, 0.2) is 59.3 Å². The number of thiophene rings is 2. The van der Waals surface area contributed by atoms with Crippen LogP contribution >= 0.6 is 22.7 Å². The van der Waals surface area contributed by atoms with Gasteiger partial charge in [0.15, 0.2) is 46.0 Å². The Morgan fingerprint density at radius 2 is 0.643 bits per heavy atom. The lowest BCUT2D eigenvalue weighted by Gasteiger charge is -2.20. The van der Waals surface area contributed by atoms with Crippen LogP contribution in [0.3, 0.4) is 0 Å². The summed E-state index contributed by atoms with van der Waals surface area (Å²) in [5, 5.41) is 4.09. The quantitative estimate of drug-likeness (QED) is 0.0344. The zero-order valence-corrected chi connectivity index (χ0v) is 53.7. The van der Waals surface area contributed by atoms with Crippen molar-refractivity contribution in [1.29, 1.82) is 0 Å².